The number of aliphatic hydroxyl groups is 2. The summed E-state index contributed by atoms with van der Waals surface area (Å²) in [5.41, 5.74) is 2.92. The summed E-state index contributed by atoms with van der Waals surface area (Å²) < 4.78 is 0. The Bertz CT molecular complexity index is 450. The Morgan fingerprint density at radius 2 is 1.81 bits per heavy atom. The highest BCUT2D eigenvalue weighted by Crippen LogP contribution is 2.24. The van der Waals surface area contributed by atoms with Gasteiger partial charge < -0.3 is 15.1 Å². The summed E-state index contributed by atoms with van der Waals surface area (Å²) in [5, 5.41) is 20.5. The summed E-state index contributed by atoms with van der Waals surface area (Å²) in [6, 6.07) is 6.28. The third kappa shape index (κ3) is 5.10. The van der Waals surface area contributed by atoms with Crippen molar-refractivity contribution in [3.8, 4) is 0 Å². The van der Waals surface area contributed by atoms with Crippen LogP contribution in [0, 0.1) is 13.8 Å². The largest absolute Gasteiger partial charge is 0.390 e. The molecule has 0 radical (unpaired) electrons. The first-order valence-electron chi connectivity index (χ1n) is 8.07. The Hall–Kier alpha value is -0.900. The molecule has 0 saturated carbocycles. The molecule has 0 aliphatic carbocycles. The molecule has 1 fully saturated rings. The van der Waals surface area contributed by atoms with Crippen LogP contribution in [0.4, 0.5) is 0 Å². The number of likely N-dealkylation sites (tertiary alicyclic amines) is 1. The highest BCUT2D eigenvalue weighted by molar-refractivity contribution is 5.29. The Balaban J connectivity index is 1.87. The molecule has 118 valence electrons. The van der Waals surface area contributed by atoms with Crippen molar-refractivity contribution < 1.29 is 10.2 Å². The van der Waals surface area contributed by atoms with E-state index in [-0.39, 0.29) is 0 Å². The number of hydrogen-bond acceptors (Lipinski definition) is 3. The van der Waals surface area contributed by atoms with E-state index < -0.39 is 11.7 Å². The zero-order valence-electron chi connectivity index (χ0n) is 13.6. The predicted octanol–water partition coefficient (Wildman–Crippen LogP) is 2.96. The lowest BCUT2D eigenvalue weighted by Gasteiger charge is -2.23. The molecular weight excluding hydrogens is 262 g/mol. The lowest BCUT2D eigenvalue weighted by atomic mass is 9.98. The minimum Gasteiger partial charge on any atom is -0.390 e. The Morgan fingerprint density at radius 3 is 2.48 bits per heavy atom. The maximum absolute atomic E-state index is 10.4. The van der Waals surface area contributed by atoms with E-state index in [1.54, 1.807) is 0 Å². The average Bonchev–Trinajstić information content (AvgIpc) is 2.56. The lowest BCUT2D eigenvalue weighted by molar-refractivity contribution is 0.0441. The van der Waals surface area contributed by atoms with Gasteiger partial charge in [-0.3, -0.25) is 0 Å². The number of hydrogen-bond donors (Lipinski definition) is 2. The third-order valence-corrected chi connectivity index (χ3v) is 4.50. The van der Waals surface area contributed by atoms with E-state index in [4.69, 9.17) is 0 Å². The highest BCUT2D eigenvalue weighted by Gasteiger charge is 2.25. The molecule has 2 rings (SSSR count). The van der Waals surface area contributed by atoms with Crippen molar-refractivity contribution in [2.24, 2.45) is 0 Å². The van der Waals surface area contributed by atoms with E-state index in [2.05, 4.69) is 36.9 Å². The Kier molecular flexibility index (Phi) is 5.42. The fourth-order valence-electron chi connectivity index (χ4n) is 3.22. The zero-order valence-corrected chi connectivity index (χ0v) is 13.6. The van der Waals surface area contributed by atoms with Crippen molar-refractivity contribution >= 4 is 0 Å². The van der Waals surface area contributed by atoms with Crippen LogP contribution in [0.1, 0.15) is 55.4 Å². The Morgan fingerprint density at radius 1 is 1.14 bits per heavy atom. The fourth-order valence-corrected chi connectivity index (χ4v) is 3.22. The van der Waals surface area contributed by atoms with Gasteiger partial charge in [0.25, 0.3) is 0 Å². The molecule has 2 N–H and O–H groups in total. The second-order valence-electron chi connectivity index (χ2n) is 6.92. The average molecular weight is 291 g/mol. The van der Waals surface area contributed by atoms with Crippen LogP contribution in [0.3, 0.4) is 0 Å². The molecule has 0 bridgehead atoms. The topological polar surface area (TPSA) is 43.7 Å². The molecule has 3 heteroatoms. The second kappa shape index (κ2) is 6.91. The van der Waals surface area contributed by atoms with Gasteiger partial charge in [0.05, 0.1) is 11.7 Å². The molecule has 21 heavy (non-hydrogen) atoms. The number of aliphatic hydroxyl groups excluding tert-OH is 1. The van der Waals surface area contributed by atoms with Crippen LogP contribution in [0.5, 0.6) is 0 Å². The Labute approximate surface area is 128 Å². The minimum atomic E-state index is -0.513. The van der Waals surface area contributed by atoms with Gasteiger partial charge in [-0.25, -0.2) is 0 Å². The minimum absolute atomic E-state index is 0.396. The molecule has 1 aromatic carbocycles. The molecule has 0 spiro atoms. The second-order valence-corrected chi connectivity index (χ2v) is 6.92. The van der Waals surface area contributed by atoms with Crippen molar-refractivity contribution in [3.63, 3.8) is 0 Å². The van der Waals surface area contributed by atoms with E-state index in [0.29, 0.717) is 0 Å². The van der Waals surface area contributed by atoms with Crippen molar-refractivity contribution in [2.75, 3.05) is 19.6 Å². The summed E-state index contributed by atoms with van der Waals surface area (Å²) in [6.07, 6.45) is 3.10. The van der Waals surface area contributed by atoms with Gasteiger partial charge >= 0.3 is 0 Å². The van der Waals surface area contributed by atoms with Gasteiger partial charge in [0.15, 0.2) is 0 Å². The van der Waals surface area contributed by atoms with Crippen LogP contribution in [-0.4, -0.2) is 40.3 Å². The van der Waals surface area contributed by atoms with Gasteiger partial charge in [-0.15, -0.1) is 0 Å². The normalized spacial score (nSPS) is 25.6. The molecule has 2 unspecified atom stereocenters. The SMILES string of the molecule is Cc1cc(C)cc(C(O)CCN2CCCC(C)(O)CC2)c1. The first kappa shape index (κ1) is 16.5. The number of benzene rings is 1. The molecule has 1 saturated heterocycles. The van der Waals surface area contributed by atoms with Crippen LogP contribution >= 0.6 is 0 Å². The number of rotatable bonds is 4. The van der Waals surface area contributed by atoms with Crippen LogP contribution in [0.25, 0.3) is 0 Å². The quantitative estimate of drug-likeness (QED) is 0.896. The van der Waals surface area contributed by atoms with E-state index in [1.165, 1.54) is 11.1 Å². The smallest absolute Gasteiger partial charge is 0.0802 e. The third-order valence-electron chi connectivity index (χ3n) is 4.50. The van der Waals surface area contributed by atoms with Crippen molar-refractivity contribution in [1.82, 2.24) is 4.90 Å². The summed E-state index contributed by atoms with van der Waals surface area (Å²) in [5.74, 6) is 0. The molecule has 1 aliphatic heterocycles. The molecule has 1 aromatic rings. The van der Waals surface area contributed by atoms with Crippen molar-refractivity contribution in [2.45, 2.75) is 58.2 Å². The molecule has 2 atom stereocenters. The fraction of sp³-hybridized carbons (Fsp3) is 0.667. The number of aryl methyl sites for hydroxylation is 2. The van der Waals surface area contributed by atoms with Crippen LogP contribution in [0.15, 0.2) is 18.2 Å². The first-order valence-corrected chi connectivity index (χ1v) is 8.07. The molecule has 3 nitrogen and oxygen atoms in total. The maximum atomic E-state index is 10.4. The standard InChI is InChI=1S/C18H29NO2/c1-14-11-15(2)13-16(12-14)17(20)5-9-19-8-4-6-18(3,21)7-10-19/h11-13,17,20-21H,4-10H2,1-3H3. The van der Waals surface area contributed by atoms with E-state index in [1.807, 2.05) is 6.92 Å². The predicted molar refractivity (Wildman–Crippen MR) is 86.4 cm³/mol. The monoisotopic (exact) mass is 291 g/mol. The molecule has 1 aliphatic rings. The molecule has 0 amide bonds. The zero-order chi connectivity index (χ0) is 15.5. The van der Waals surface area contributed by atoms with Crippen molar-refractivity contribution in [1.29, 1.82) is 0 Å². The van der Waals surface area contributed by atoms with Gasteiger partial charge in [-0.2, -0.15) is 0 Å². The number of nitrogens with zero attached hydrogens (tertiary/aromatic N) is 1. The molecule has 1 heterocycles. The summed E-state index contributed by atoms with van der Waals surface area (Å²) in [4.78, 5) is 2.37. The van der Waals surface area contributed by atoms with Crippen LogP contribution in [-0.2, 0) is 0 Å². The summed E-state index contributed by atoms with van der Waals surface area (Å²) in [6.45, 7) is 8.91. The van der Waals surface area contributed by atoms with E-state index in [9.17, 15) is 10.2 Å². The van der Waals surface area contributed by atoms with Crippen LogP contribution < -0.4 is 0 Å². The van der Waals surface area contributed by atoms with Crippen LogP contribution in [0.2, 0.25) is 0 Å². The summed E-state index contributed by atoms with van der Waals surface area (Å²) in [7, 11) is 0. The molecule has 0 aromatic heterocycles. The first-order chi connectivity index (χ1) is 9.85. The van der Waals surface area contributed by atoms with E-state index >= 15 is 0 Å². The van der Waals surface area contributed by atoms with Crippen molar-refractivity contribution in [3.05, 3.63) is 34.9 Å². The highest BCUT2D eigenvalue weighted by atomic mass is 16.3. The van der Waals surface area contributed by atoms with Gasteiger partial charge in [0.2, 0.25) is 0 Å². The maximum Gasteiger partial charge on any atom is 0.0802 e. The van der Waals surface area contributed by atoms with E-state index in [0.717, 1.165) is 50.9 Å². The molecular formula is C18H29NO2. The van der Waals surface area contributed by atoms with Gasteiger partial charge in [0.1, 0.15) is 0 Å². The lowest BCUT2D eigenvalue weighted by Crippen LogP contribution is -2.29. The van der Waals surface area contributed by atoms with Gasteiger partial charge in [-0.05, 0) is 58.6 Å². The van der Waals surface area contributed by atoms with Gasteiger partial charge in [0, 0.05) is 13.1 Å². The summed E-state index contributed by atoms with van der Waals surface area (Å²) >= 11 is 0. The van der Waals surface area contributed by atoms with Gasteiger partial charge in [-0.1, -0.05) is 29.3 Å².